The van der Waals surface area contributed by atoms with Gasteiger partial charge in [0.05, 0.1) is 5.69 Å². The molecule has 26 heavy (non-hydrogen) atoms. The molecule has 1 atom stereocenters. The maximum Gasteiger partial charge on any atom is 0.161 e. The molecule has 1 aliphatic rings. The lowest BCUT2D eigenvalue weighted by atomic mass is 10.0. The largest absolute Gasteiger partial charge is 0.486 e. The molecule has 1 unspecified atom stereocenters. The van der Waals surface area contributed by atoms with Gasteiger partial charge in [-0.1, -0.05) is 13.0 Å². The van der Waals surface area contributed by atoms with E-state index in [1.54, 1.807) is 0 Å². The number of ether oxygens (including phenoxy) is 2. The molecule has 0 aliphatic carbocycles. The second kappa shape index (κ2) is 8.64. The Labute approximate surface area is 161 Å². The Balaban J connectivity index is 0.00000243. The second-order valence-corrected chi connectivity index (χ2v) is 6.65. The fourth-order valence-electron chi connectivity index (χ4n) is 3.46. The molecule has 144 valence electrons. The van der Waals surface area contributed by atoms with Crippen molar-refractivity contribution in [3.8, 4) is 11.5 Å². The Morgan fingerprint density at radius 2 is 1.92 bits per heavy atom. The van der Waals surface area contributed by atoms with E-state index >= 15 is 0 Å². The van der Waals surface area contributed by atoms with Crippen LogP contribution in [0.25, 0.3) is 0 Å². The average Bonchev–Trinajstić information content (AvgIpc) is 2.89. The molecular formula is C19H29ClN4O2. The van der Waals surface area contributed by atoms with Crippen molar-refractivity contribution in [1.82, 2.24) is 15.1 Å². The van der Waals surface area contributed by atoms with Crippen molar-refractivity contribution in [2.45, 2.75) is 32.9 Å². The Bertz CT molecular complexity index is 745. The van der Waals surface area contributed by atoms with Gasteiger partial charge in [0.25, 0.3) is 0 Å². The van der Waals surface area contributed by atoms with Gasteiger partial charge in [0, 0.05) is 39.3 Å². The number of aromatic nitrogens is 2. The average molecular weight is 381 g/mol. The highest BCUT2D eigenvalue weighted by Gasteiger charge is 2.19. The topological polar surface area (TPSA) is 51.6 Å². The smallest absolute Gasteiger partial charge is 0.161 e. The molecule has 1 aromatic carbocycles. The molecular weight excluding hydrogens is 352 g/mol. The number of fused-ring (bicyclic) bond motifs is 1. The van der Waals surface area contributed by atoms with Crippen LogP contribution >= 0.6 is 12.4 Å². The number of rotatable bonds is 6. The van der Waals surface area contributed by atoms with Crippen LogP contribution < -0.4 is 19.7 Å². The normalized spacial score (nSPS) is 13.9. The van der Waals surface area contributed by atoms with Crippen molar-refractivity contribution < 1.29 is 9.47 Å². The number of hydrogen-bond donors (Lipinski definition) is 1. The first-order chi connectivity index (χ1) is 12.0. The second-order valence-electron chi connectivity index (χ2n) is 6.65. The summed E-state index contributed by atoms with van der Waals surface area (Å²) in [5, 5.41) is 8.25. The Morgan fingerprint density at radius 1 is 1.23 bits per heavy atom. The SMILES string of the molecule is CCC(NCc1c(C)nn(C)c1N(C)C)c1ccc2c(c1)OCCO2.Cl. The minimum atomic E-state index is 0. The highest BCUT2D eigenvalue weighted by molar-refractivity contribution is 5.85. The molecule has 0 saturated carbocycles. The fraction of sp³-hybridized carbons (Fsp3) is 0.526. The summed E-state index contributed by atoms with van der Waals surface area (Å²) in [5.74, 6) is 2.82. The van der Waals surface area contributed by atoms with Gasteiger partial charge in [-0.3, -0.25) is 4.68 Å². The van der Waals surface area contributed by atoms with Crippen LogP contribution in [-0.2, 0) is 13.6 Å². The molecule has 0 spiro atoms. The Hall–Kier alpha value is -1.92. The molecule has 7 heteroatoms. The van der Waals surface area contributed by atoms with Gasteiger partial charge in [-0.2, -0.15) is 5.10 Å². The molecule has 2 aromatic rings. The molecule has 1 aliphatic heterocycles. The molecule has 0 radical (unpaired) electrons. The molecule has 0 fully saturated rings. The first-order valence-electron chi connectivity index (χ1n) is 8.84. The zero-order chi connectivity index (χ0) is 18.0. The lowest BCUT2D eigenvalue weighted by Gasteiger charge is -2.23. The van der Waals surface area contributed by atoms with E-state index < -0.39 is 0 Å². The van der Waals surface area contributed by atoms with E-state index in [9.17, 15) is 0 Å². The van der Waals surface area contributed by atoms with Gasteiger partial charge in [-0.15, -0.1) is 12.4 Å². The molecule has 0 bridgehead atoms. The van der Waals surface area contributed by atoms with Crippen molar-refractivity contribution in [1.29, 1.82) is 0 Å². The van der Waals surface area contributed by atoms with E-state index in [4.69, 9.17) is 9.47 Å². The van der Waals surface area contributed by atoms with Gasteiger partial charge in [-0.25, -0.2) is 0 Å². The minimum absolute atomic E-state index is 0. The van der Waals surface area contributed by atoms with Crippen molar-refractivity contribution >= 4 is 18.2 Å². The zero-order valence-corrected chi connectivity index (χ0v) is 17.0. The summed E-state index contributed by atoms with van der Waals surface area (Å²) in [5.41, 5.74) is 3.53. The number of nitrogens with one attached hydrogen (secondary N) is 1. The Kier molecular flexibility index (Phi) is 6.78. The monoisotopic (exact) mass is 380 g/mol. The number of hydrogen-bond acceptors (Lipinski definition) is 5. The summed E-state index contributed by atoms with van der Waals surface area (Å²) in [4.78, 5) is 2.11. The van der Waals surface area contributed by atoms with Crippen LogP contribution in [0, 0.1) is 6.92 Å². The van der Waals surface area contributed by atoms with E-state index in [0.717, 1.165) is 36.0 Å². The summed E-state index contributed by atoms with van der Waals surface area (Å²) < 4.78 is 13.3. The minimum Gasteiger partial charge on any atom is -0.486 e. The number of anilines is 1. The highest BCUT2D eigenvalue weighted by Crippen LogP contribution is 2.33. The van der Waals surface area contributed by atoms with E-state index in [1.807, 2.05) is 17.8 Å². The molecule has 0 saturated heterocycles. The first-order valence-corrected chi connectivity index (χ1v) is 8.84. The van der Waals surface area contributed by atoms with Gasteiger partial charge in [0.2, 0.25) is 0 Å². The van der Waals surface area contributed by atoms with Crippen LogP contribution in [0.15, 0.2) is 18.2 Å². The van der Waals surface area contributed by atoms with E-state index in [-0.39, 0.29) is 18.4 Å². The van der Waals surface area contributed by atoms with Crippen LogP contribution in [0.1, 0.15) is 36.2 Å². The third-order valence-corrected chi connectivity index (χ3v) is 4.64. The molecule has 2 heterocycles. The first kappa shape index (κ1) is 20.4. The van der Waals surface area contributed by atoms with Gasteiger partial charge < -0.3 is 19.7 Å². The van der Waals surface area contributed by atoms with Crippen molar-refractivity contribution in [3.05, 3.63) is 35.0 Å². The summed E-state index contributed by atoms with van der Waals surface area (Å²) in [6.07, 6.45) is 0.996. The molecule has 3 rings (SSSR count). The predicted molar refractivity (Wildman–Crippen MR) is 107 cm³/mol. The van der Waals surface area contributed by atoms with Gasteiger partial charge in [0.1, 0.15) is 19.0 Å². The van der Waals surface area contributed by atoms with Crippen LogP contribution in [0.2, 0.25) is 0 Å². The van der Waals surface area contributed by atoms with Crippen LogP contribution in [0.3, 0.4) is 0 Å². The van der Waals surface area contributed by atoms with Crippen molar-refractivity contribution in [2.75, 3.05) is 32.2 Å². The molecule has 1 aromatic heterocycles. The summed E-state index contributed by atoms with van der Waals surface area (Å²) >= 11 is 0. The third-order valence-electron chi connectivity index (χ3n) is 4.64. The van der Waals surface area contributed by atoms with Gasteiger partial charge in [0.15, 0.2) is 11.5 Å². The Morgan fingerprint density at radius 3 is 2.58 bits per heavy atom. The number of aryl methyl sites for hydroxylation is 2. The highest BCUT2D eigenvalue weighted by atomic mass is 35.5. The van der Waals surface area contributed by atoms with Crippen LogP contribution in [0.4, 0.5) is 5.82 Å². The van der Waals surface area contributed by atoms with E-state index in [0.29, 0.717) is 13.2 Å². The lowest BCUT2D eigenvalue weighted by molar-refractivity contribution is 0.171. The number of nitrogens with zero attached hydrogens (tertiary/aromatic N) is 3. The number of benzene rings is 1. The van der Waals surface area contributed by atoms with Gasteiger partial charge >= 0.3 is 0 Å². The zero-order valence-electron chi connectivity index (χ0n) is 16.2. The standard InChI is InChI=1S/C19H28N4O2.ClH/c1-6-16(14-7-8-17-18(11-14)25-10-9-24-17)20-12-15-13(2)21-23(5)19(15)22(3)4;/h7-8,11,16,20H,6,9-10,12H2,1-5H3;1H. The van der Waals surface area contributed by atoms with E-state index in [1.165, 1.54) is 11.1 Å². The van der Waals surface area contributed by atoms with Crippen molar-refractivity contribution in [3.63, 3.8) is 0 Å². The fourth-order valence-corrected chi connectivity index (χ4v) is 3.46. The lowest BCUT2D eigenvalue weighted by Crippen LogP contribution is -2.23. The maximum atomic E-state index is 5.72. The maximum absolute atomic E-state index is 5.72. The van der Waals surface area contributed by atoms with Gasteiger partial charge in [-0.05, 0) is 31.0 Å². The van der Waals surface area contributed by atoms with Crippen molar-refractivity contribution in [2.24, 2.45) is 7.05 Å². The third kappa shape index (κ3) is 4.07. The summed E-state index contributed by atoms with van der Waals surface area (Å²) in [6, 6.07) is 6.48. The summed E-state index contributed by atoms with van der Waals surface area (Å²) in [6.45, 7) is 6.27. The number of halogens is 1. The molecule has 1 N–H and O–H groups in total. The van der Waals surface area contributed by atoms with Crippen LogP contribution in [-0.4, -0.2) is 37.1 Å². The molecule has 6 nitrogen and oxygen atoms in total. The predicted octanol–water partition coefficient (Wildman–Crippen LogP) is 3.23. The van der Waals surface area contributed by atoms with E-state index in [2.05, 4.69) is 55.4 Å². The van der Waals surface area contributed by atoms with Crippen LogP contribution in [0.5, 0.6) is 11.5 Å². The summed E-state index contributed by atoms with van der Waals surface area (Å²) in [7, 11) is 6.10. The quantitative estimate of drug-likeness (QED) is 0.833. The molecule has 0 amide bonds.